The number of aromatic nitrogens is 2. The van der Waals surface area contributed by atoms with Crippen molar-refractivity contribution in [1.82, 2.24) is 9.97 Å². The molecule has 0 atom stereocenters. The van der Waals surface area contributed by atoms with Gasteiger partial charge >= 0.3 is 0 Å². The van der Waals surface area contributed by atoms with Crippen LogP contribution in [0.3, 0.4) is 0 Å². The summed E-state index contributed by atoms with van der Waals surface area (Å²) < 4.78 is 25.4. The number of hydrogen-bond acceptors (Lipinski definition) is 5. The average Bonchev–Trinajstić information content (AvgIpc) is 2.74. The van der Waals surface area contributed by atoms with Crippen LogP contribution in [0.1, 0.15) is 16.1 Å². The van der Waals surface area contributed by atoms with E-state index in [1.165, 1.54) is 0 Å². The van der Waals surface area contributed by atoms with E-state index in [0.717, 1.165) is 17.0 Å². The van der Waals surface area contributed by atoms with Gasteiger partial charge in [-0.25, -0.2) is 18.4 Å². The van der Waals surface area contributed by atoms with Crippen molar-refractivity contribution >= 4 is 43.8 Å². The van der Waals surface area contributed by atoms with Crippen LogP contribution in [-0.4, -0.2) is 24.3 Å². The van der Waals surface area contributed by atoms with Gasteiger partial charge in [0.2, 0.25) is 15.0 Å². The fourth-order valence-corrected chi connectivity index (χ4v) is 4.42. The van der Waals surface area contributed by atoms with Crippen LogP contribution in [-0.2, 0) is 15.6 Å². The summed E-state index contributed by atoms with van der Waals surface area (Å²) in [6, 6.07) is 21.7. The lowest BCUT2D eigenvalue weighted by Crippen LogP contribution is -2.18. The summed E-state index contributed by atoms with van der Waals surface area (Å²) in [6.07, 6.45) is 1.13. The first-order chi connectivity index (χ1) is 14.4. The van der Waals surface area contributed by atoms with Crippen LogP contribution in [0.25, 0.3) is 10.8 Å². The molecule has 0 aliphatic carbocycles. The highest BCUT2D eigenvalue weighted by atomic mass is 35.5. The van der Waals surface area contributed by atoms with Crippen molar-refractivity contribution < 1.29 is 13.2 Å². The monoisotopic (exact) mass is 437 g/mol. The van der Waals surface area contributed by atoms with Gasteiger partial charge in [0.1, 0.15) is 0 Å². The van der Waals surface area contributed by atoms with Gasteiger partial charge in [0.05, 0.1) is 17.0 Å². The molecule has 6 nitrogen and oxygen atoms in total. The lowest BCUT2D eigenvalue weighted by atomic mass is 10.1. The molecule has 30 heavy (non-hydrogen) atoms. The van der Waals surface area contributed by atoms with E-state index in [1.807, 2.05) is 36.4 Å². The van der Waals surface area contributed by atoms with E-state index in [-0.39, 0.29) is 16.5 Å². The Morgan fingerprint density at radius 1 is 0.933 bits per heavy atom. The summed E-state index contributed by atoms with van der Waals surface area (Å²) in [5.41, 5.74) is 0.963. The number of carbonyl (C=O) groups is 1. The van der Waals surface area contributed by atoms with E-state index in [9.17, 15) is 13.2 Å². The van der Waals surface area contributed by atoms with Crippen molar-refractivity contribution in [1.29, 1.82) is 0 Å². The first-order valence-corrected chi connectivity index (χ1v) is 11.1. The van der Waals surface area contributed by atoms with Crippen LogP contribution in [0.15, 0.2) is 84.1 Å². The van der Waals surface area contributed by atoms with Crippen molar-refractivity contribution in [3.8, 4) is 0 Å². The molecule has 1 N–H and O–H groups in total. The number of amides is 1. The Hall–Kier alpha value is -3.29. The zero-order chi connectivity index (χ0) is 21.1. The number of anilines is 1. The van der Waals surface area contributed by atoms with Crippen molar-refractivity contribution in [2.75, 3.05) is 5.32 Å². The third kappa shape index (κ3) is 4.17. The number of carbonyl (C=O) groups excluding carboxylic acids is 1. The van der Waals surface area contributed by atoms with Gasteiger partial charge in [-0.1, -0.05) is 78.3 Å². The molecule has 1 heterocycles. The standard InChI is InChI=1S/C22H16ClN3O3S/c23-18-13-24-22(30(28,29)14-15-7-2-1-3-8-15)26-20(18)21(27)25-19-12-6-10-16-9-4-5-11-17(16)19/h1-13H,14H2,(H,25,27). The van der Waals surface area contributed by atoms with E-state index < -0.39 is 20.9 Å². The van der Waals surface area contributed by atoms with Crippen LogP contribution in [0, 0.1) is 0 Å². The molecule has 0 fully saturated rings. The highest BCUT2D eigenvalue weighted by Gasteiger charge is 2.23. The Kier molecular flexibility index (Phi) is 5.48. The van der Waals surface area contributed by atoms with E-state index in [1.54, 1.807) is 36.4 Å². The number of nitrogens with one attached hydrogen (secondary N) is 1. The average molecular weight is 438 g/mol. The Morgan fingerprint density at radius 3 is 2.43 bits per heavy atom. The lowest BCUT2D eigenvalue weighted by molar-refractivity contribution is 0.102. The third-order valence-corrected chi connectivity index (χ3v) is 6.20. The second-order valence-corrected chi connectivity index (χ2v) is 8.87. The summed E-state index contributed by atoms with van der Waals surface area (Å²) in [5.74, 6) is -0.894. The van der Waals surface area contributed by atoms with Crippen LogP contribution >= 0.6 is 11.6 Å². The van der Waals surface area contributed by atoms with Crippen molar-refractivity contribution in [3.63, 3.8) is 0 Å². The fourth-order valence-electron chi connectivity index (χ4n) is 3.03. The van der Waals surface area contributed by atoms with Crippen molar-refractivity contribution in [2.24, 2.45) is 0 Å². The number of sulfone groups is 1. The second kappa shape index (κ2) is 8.22. The number of rotatable bonds is 5. The molecule has 0 unspecified atom stereocenters. The maximum Gasteiger partial charge on any atom is 0.276 e. The molecule has 0 aliphatic heterocycles. The summed E-state index contributed by atoms with van der Waals surface area (Å²) in [4.78, 5) is 20.6. The van der Waals surface area contributed by atoms with E-state index in [0.29, 0.717) is 11.3 Å². The minimum absolute atomic E-state index is 0.0357. The van der Waals surface area contributed by atoms with E-state index in [4.69, 9.17) is 11.6 Å². The first kappa shape index (κ1) is 20.0. The molecule has 3 aromatic carbocycles. The molecule has 1 amide bonds. The molecule has 0 aliphatic rings. The SMILES string of the molecule is O=C(Nc1cccc2ccccc12)c1nc(S(=O)(=O)Cc2ccccc2)ncc1Cl. The molecule has 4 rings (SSSR count). The summed E-state index contributed by atoms with van der Waals surface area (Å²) >= 11 is 6.11. The maximum absolute atomic E-state index is 12.8. The highest BCUT2D eigenvalue weighted by Crippen LogP contribution is 2.25. The number of fused-ring (bicyclic) bond motifs is 1. The Balaban J connectivity index is 1.65. The molecule has 0 spiro atoms. The molecule has 0 saturated carbocycles. The molecule has 150 valence electrons. The first-order valence-electron chi connectivity index (χ1n) is 9.02. The number of halogens is 1. The minimum Gasteiger partial charge on any atom is -0.320 e. The summed E-state index contributed by atoms with van der Waals surface area (Å²) in [6.45, 7) is 0. The minimum atomic E-state index is -3.85. The molecule has 8 heteroatoms. The molecular formula is C22H16ClN3O3S. The molecule has 0 radical (unpaired) electrons. The van der Waals surface area contributed by atoms with Crippen LogP contribution in [0.4, 0.5) is 5.69 Å². The zero-order valence-corrected chi connectivity index (χ0v) is 17.2. The predicted molar refractivity (Wildman–Crippen MR) is 116 cm³/mol. The smallest absolute Gasteiger partial charge is 0.276 e. The van der Waals surface area contributed by atoms with E-state index in [2.05, 4.69) is 15.3 Å². The molecule has 1 aromatic heterocycles. The van der Waals surface area contributed by atoms with Gasteiger partial charge in [-0.2, -0.15) is 0 Å². The van der Waals surface area contributed by atoms with Gasteiger partial charge in [0.25, 0.3) is 5.91 Å². The Bertz CT molecular complexity index is 1340. The van der Waals surface area contributed by atoms with Crippen LogP contribution in [0.2, 0.25) is 5.02 Å². The molecule has 0 bridgehead atoms. The summed E-state index contributed by atoms with van der Waals surface area (Å²) in [5, 5.41) is 4.08. The normalized spacial score (nSPS) is 11.4. The summed E-state index contributed by atoms with van der Waals surface area (Å²) in [7, 11) is -3.85. The van der Waals surface area contributed by atoms with Crippen LogP contribution in [0.5, 0.6) is 0 Å². The van der Waals surface area contributed by atoms with Crippen molar-refractivity contribution in [3.05, 3.63) is 95.3 Å². The number of hydrogen-bond donors (Lipinski definition) is 1. The number of nitrogens with zero attached hydrogens (tertiary/aromatic N) is 2. The van der Waals surface area contributed by atoms with Gasteiger partial charge in [-0.05, 0) is 17.0 Å². The zero-order valence-electron chi connectivity index (χ0n) is 15.6. The fraction of sp³-hybridized carbons (Fsp3) is 0.0455. The maximum atomic E-state index is 12.8. The van der Waals surface area contributed by atoms with Gasteiger partial charge < -0.3 is 5.32 Å². The largest absolute Gasteiger partial charge is 0.320 e. The van der Waals surface area contributed by atoms with E-state index >= 15 is 0 Å². The molecule has 4 aromatic rings. The van der Waals surface area contributed by atoms with Gasteiger partial charge in [-0.3, -0.25) is 4.79 Å². The Morgan fingerprint density at radius 2 is 1.63 bits per heavy atom. The van der Waals surface area contributed by atoms with Crippen molar-refractivity contribution in [2.45, 2.75) is 10.9 Å². The lowest BCUT2D eigenvalue weighted by Gasteiger charge is -2.10. The van der Waals surface area contributed by atoms with Gasteiger partial charge in [0, 0.05) is 11.1 Å². The second-order valence-electron chi connectivity index (χ2n) is 6.57. The third-order valence-electron chi connectivity index (χ3n) is 4.45. The Labute approximate surface area is 178 Å². The molecule has 0 saturated heterocycles. The molecular weight excluding hydrogens is 422 g/mol. The quantitative estimate of drug-likeness (QED) is 0.464. The van der Waals surface area contributed by atoms with Gasteiger partial charge in [-0.15, -0.1) is 0 Å². The number of benzene rings is 3. The topological polar surface area (TPSA) is 89.0 Å². The highest BCUT2D eigenvalue weighted by molar-refractivity contribution is 7.90. The van der Waals surface area contributed by atoms with Gasteiger partial charge in [0.15, 0.2) is 5.69 Å². The predicted octanol–water partition coefficient (Wildman–Crippen LogP) is 4.51. The van der Waals surface area contributed by atoms with Crippen LogP contribution < -0.4 is 5.32 Å².